The monoisotopic (exact) mass is 248 g/mol. The van der Waals surface area contributed by atoms with Crippen LogP contribution in [0.15, 0.2) is 24.3 Å². The molecule has 0 aromatic heterocycles. The average molecular weight is 248 g/mol. The minimum absolute atomic E-state index is 0.355. The summed E-state index contributed by atoms with van der Waals surface area (Å²) < 4.78 is 6.07. The summed E-state index contributed by atoms with van der Waals surface area (Å²) in [5.41, 5.74) is 0.926. The molecule has 1 aliphatic carbocycles. The lowest BCUT2D eigenvalue weighted by Gasteiger charge is -2.29. The van der Waals surface area contributed by atoms with Crippen LogP contribution in [0.5, 0.6) is 5.75 Å². The van der Waals surface area contributed by atoms with E-state index in [-0.39, 0.29) is 0 Å². The number of aliphatic hydroxyl groups is 1. The zero-order valence-corrected chi connectivity index (χ0v) is 11.4. The van der Waals surface area contributed by atoms with Crippen molar-refractivity contribution < 1.29 is 9.84 Å². The van der Waals surface area contributed by atoms with Crippen LogP contribution in [0.1, 0.15) is 57.6 Å². The maximum absolute atomic E-state index is 9.58. The van der Waals surface area contributed by atoms with E-state index >= 15 is 0 Å². The zero-order chi connectivity index (χ0) is 13.0. The molecular formula is C16H24O2. The van der Waals surface area contributed by atoms with Crippen LogP contribution in [-0.4, -0.2) is 11.2 Å². The first-order chi connectivity index (χ1) is 8.69. The van der Waals surface area contributed by atoms with Gasteiger partial charge in [-0.3, -0.25) is 0 Å². The van der Waals surface area contributed by atoms with Crippen molar-refractivity contribution in [2.45, 2.75) is 58.2 Å². The van der Waals surface area contributed by atoms with Gasteiger partial charge in [0, 0.05) is 0 Å². The second kappa shape index (κ2) is 6.24. The molecule has 0 radical (unpaired) electrons. The second-order valence-corrected chi connectivity index (χ2v) is 5.43. The summed E-state index contributed by atoms with van der Waals surface area (Å²) in [5.74, 6) is 1.72. The quantitative estimate of drug-likeness (QED) is 0.869. The lowest BCUT2D eigenvalue weighted by Crippen LogP contribution is -2.25. The summed E-state index contributed by atoms with van der Waals surface area (Å²) in [6.45, 7) is 4.05. The van der Waals surface area contributed by atoms with Crippen LogP contribution >= 0.6 is 0 Å². The first-order valence-corrected chi connectivity index (χ1v) is 7.13. The zero-order valence-electron chi connectivity index (χ0n) is 11.4. The molecule has 0 amide bonds. The van der Waals surface area contributed by atoms with Gasteiger partial charge in [-0.1, -0.05) is 31.9 Å². The Kier molecular flexibility index (Phi) is 4.65. The molecule has 1 aromatic rings. The maximum atomic E-state index is 9.58. The molecule has 0 spiro atoms. The van der Waals surface area contributed by atoms with Gasteiger partial charge in [0.2, 0.25) is 0 Å². The highest BCUT2D eigenvalue weighted by Crippen LogP contribution is 2.30. The van der Waals surface area contributed by atoms with Crippen LogP contribution in [0.3, 0.4) is 0 Å². The van der Waals surface area contributed by atoms with Crippen LogP contribution in [-0.2, 0) is 0 Å². The Bertz CT molecular complexity index is 373. The van der Waals surface area contributed by atoms with Crippen molar-refractivity contribution in [1.82, 2.24) is 0 Å². The van der Waals surface area contributed by atoms with Gasteiger partial charge in [-0.15, -0.1) is 0 Å². The summed E-state index contributed by atoms with van der Waals surface area (Å²) in [5, 5.41) is 9.58. The minimum atomic E-state index is -0.428. The van der Waals surface area contributed by atoms with Crippen LogP contribution in [0, 0.1) is 5.92 Å². The molecule has 2 rings (SSSR count). The predicted molar refractivity (Wildman–Crippen MR) is 73.7 cm³/mol. The fourth-order valence-electron chi connectivity index (χ4n) is 2.76. The van der Waals surface area contributed by atoms with Gasteiger partial charge in [0.15, 0.2) is 0 Å². The molecule has 1 saturated carbocycles. The predicted octanol–water partition coefficient (Wildman–Crippen LogP) is 4.09. The summed E-state index contributed by atoms with van der Waals surface area (Å²) in [4.78, 5) is 0. The van der Waals surface area contributed by atoms with E-state index in [1.54, 1.807) is 6.92 Å². The molecule has 2 nitrogen and oxygen atoms in total. The number of aliphatic hydroxyl groups excluding tert-OH is 1. The molecule has 3 atom stereocenters. The second-order valence-electron chi connectivity index (χ2n) is 5.43. The van der Waals surface area contributed by atoms with Crippen molar-refractivity contribution in [1.29, 1.82) is 0 Å². The van der Waals surface area contributed by atoms with Crippen LogP contribution in [0.4, 0.5) is 0 Å². The Morgan fingerprint density at radius 3 is 2.94 bits per heavy atom. The SMILES string of the molecule is CCC1CCCC(Oc2cccc(C(C)O)c2)C1. The van der Waals surface area contributed by atoms with Crippen molar-refractivity contribution >= 4 is 0 Å². The van der Waals surface area contributed by atoms with Gasteiger partial charge in [-0.05, 0) is 49.8 Å². The van der Waals surface area contributed by atoms with E-state index in [1.165, 1.54) is 25.7 Å². The Balaban J connectivity index is 1.98. The Morgan fingerprint density at radius 2 is 2.22 bits per heavy atom. The summed E-state index contributed by atoms with van der Waals surface area (Å²) in [6, 6.07) is 7.84. The molecule has 1 N–H and O–H groups in total. The number of ether oxygens (including phenoxy) is 1. The van der Waals surface area contributed by atoms with Crippen LogP contribution in [0.25, 0.3) is 0 Å². The smallest absolute Gasteiger partial charge is 0.120 e. The molecule has 100 valence electrons. The van der Waals surface area contributed by atoms with Gasteiger partial charge in [0.05, 0.1) is 12.2 Å². The fraction of sp³-hybridized carbons (Fsp3) is 0.625. The first kappa shape index (κ1) is 13.4. The minimum Gasteiger partial charge on any atom is -0.490 e. The topological polar surface area (TPSA) is 29.5 Å². The average Bonchev–Trinajstić information content (AvgIpc) is 2.39. The van der Waals surface area contributed by atoms with E-state index < -0.39 is 6.10 Å². The molecule has 1 fully saturated rings. The molecule has 18 heavy (non-hydrogen) atoms. The molecule has 1 aromatic carbocycles. The normalized spacial score (nSPS) is 25.7. The highest BCUT2D eigenvalue weighted by Gasteiger charge is 2.22. The maximum Gasteiger partial charge on any atom is 0.120 e. The molecule has 0 saturated heterocycles. The van der Waals surface area contributed by atoms with E-state index in [2.05, 4.69) is 6.92 Å². The molecular weight excluding hydrogens is 224 g/mol. The van der Waals surface area contributed by atoms with Gasteiger partial charge in [0.1, 0.15) is 5.75 Å². The standard InChI is InChI=1S/C16H24O2/c1-3-13-6-4-8-15(10-13)18-16-9-5-7-14(11-16)12(2)17/h5,7,9,11-13,15,17H,3-4,6,8,10H2,1-2H3. The van der Waals surface area contributed by atoms with Gasteiger partial charge >= 0.3 is 0 Å². The molecule has 1 aliphatic rings. The number of benzene rings is 1. The van der Waals surface area contributed by atoms with Crippen LogP contribution in [0.2, 0.25) is 0 Å². The summed E-state index contributed by atoms with van der Waals surface area (Å²) in [6.07, 6.45) is 6.15. The van der Waals surface area contributed by atoms with E-state index in [0.29, 0.717) is 6.10 Å². The Labute approximate surface area is 110 Å². The largest absolute Gasteiger partial charge is 0.490 e. The van der Waals surface area contributed by atoms with Gasteiger partial charge in [-0.2, -0.15) is 0 Å². The van der Waals surface area contributed by atoms with Crippen molar-refractivity contribution in [3.8, 4) is 5.75 Å². The summed E-state index contributed by atoms with van der Waals surface area (Å²) >= 11 is 0. The third-order valence-corrected chi connectivity index (χ3v) is 3.96. The number of hydrogen-bond donors (Lipinski definition) is 1. The molecule has 0 heterocycles. The fourth-order valence-corrected chi connectivity index (χ4v) is 2.76. The van der Waals surface area contributed by atoms with Crippen molar-refractivity contribution in [2.75, 3.05) is 0 Å². The number of rotatable bonds is 4. The van der Waals surface area contributed by atoms with Gasteiger partial charge in [-0.25, -0.2) is 0 Å². The van der Waals surface area contributed by atoms with Gasteiger partial charge in [0.25, 0.3) is 0 Å². The highest BCUT2D eigenvalue weighted by atomic mass is 16.5. The van der Waals surface area contributed by atoms with Crippen molar-refractivity contribution in [2.24, 2.45) is 5.92 Å². The molecule has 2 heteroatoms. The summed E-state index contributed by atoms with van der Waals surface area (Å²) in [7, 11) is 0. The van der Waals surface area contributed by atoms with Crippen LogP contribution < -0.4 is 4.74 Å². The first-order valence-electron chi connectivity index (χ1n) is 7.13. The van der Waals surface area contributed by atoms with E-state index in [9.17, 15) is 5.11 Å². The molecule has 0 aliphatic heterocycles. The van der Waals surface area contributed by atoms with E-state index in [1.807, 2.05) is 24.3 Å². The lowest BCUT2D eigenvalue weighted by atomic mass is 9.85. The highest BCUT2D eigenvalue weighted by molar-refractivity contribution is 5.29. The van der Waals surface area contributed by atoms with E-state index in [0.717, 1.165) is 23.7 Å². The van der Waals surface area contributed by atoms with E-state index in [4.69, 9.17) is 4.74 Å². The Hall–Kier alpha value is -1.02. The number of hydrogen-bond acceptors (Lipinski definition) is 2. The van der Waals surface area contributed by atoms with Crippen molar-refractivity contribution in [3.63, 3.8) is 0 Å². The third-order valence-electron chi connectivity index (χ3n) is 3.96. The van der Waals surface area contributed by atoms with Crippen molar-refractivity contribution in [3.05, 3.63) is 29.8 Å². The molecule has 0 bridgehead atoms. The Morgan fingerprint density at radius 1 is 1.39 bits per heavy atom. The molecule has 3 unspecified atom stereocenters. The third kappa shape index (κ3) is 3.49. The van der Waals surface area contributed by atoms with Gasteiger partial charge < -0.3 is 9.84 Å². The lowest BCUT2D eigenvalue weighted by molar-refractivity contribution is 0.121.